The second kappa shape index (κ2) is 8.90. The van der Waals surface area contributed by atoms with Crippen molar-refractivity contribution < 1.29 is 50.6 Å². The summed E-state index contributed by atoms with van der Waals surface area (Å²) in [4.78, 5) is 8.69. The zero-order valence-electron chi connectivity index (χ0n) is 9.55. The Morgan fingerprint density at radius 1 is 1.29 bits per heavy atom. The van der Waals surface area contributed by atoms with Gasteiger partial charge in [0.1, 0.15) is 12.3 Å². The van der Waals surface area contributed by atoms with E-state index in [4.69, 9.17) is 4.74 Å². The van der Waals surface area contributed by atoms with Gasteiger partial charge in [0.2, 0.25) is 5.90 Å². The van der Waals surface area contributed by atoms with Gasteiger partial charge in [0, 0.05) is 6.20 Å². The summed E-state index contributed by atoms with van der Waals surface area (Å²) < 4.78 is 5.50. The Balaban J connectivity index is 0. The first-order valence-corrected chi connectivity index (χ1v) is 4.89. The van der Waals surface area contributed by atoms with E-state index in [1.807, 2.05) is 18.2 Å². The summed E-state index contributed by atoms with van der Waals surface area (Å²) in [5, 5.41) is 0. The molecule has 0 saturated heterocycles. The molecular formula is C11H14Cl2N2OPt. The first kappa shape index (κ1) is 19.2. The Morgan fingerprint density at radius 3 is 2.47 bits per heavy atom. The molecule has 2 rings (SSSR count). The Bertz CT molecular complexity index is 347. The molecule has 1 atom stereocenters. The maximum atomic E-state index is 5.50. The second-order valence-corrected chi connectivity index (χ2v) is 3.77. The average Bonchev–Trinajstić information content (AvgIpc) is 2.68. The van der Waals surface area contributed by atoms with E-state index in [0.717, 1.165) is 5.69 Å². The van der Waals surface area contributed by atoms with Crippen LogP contribution in [-0.2, 0) is 25.8 Å². The normalized spacial score (nSPS) is 17.1. The Labute approximate surface area is 129 Å². The minimum atomic E-state index is 0. The van der Waals surface area contributed by atoms with Gasteiger partial charge in [-0.15, -0.1) is 0 Å². The van der Waals surface area contributed by atoms with Crippen molar-refractivity contribution in [2.45, 2.75) is 19.9 Å². The van der Waals surface area contributed by atoms with Crippen LogP contribution >= 0.6 is 0 Å². The molecule has 0 radical (unpaired) electrons. The van der Waals surface area contributed by atoms with Crippen LogP contribution < -0.4 is 24.8 Å². The Hall–Kier alpha value is -0.112. The molecule has 0 unspecified atom stereocenters. The first-order valence-electron chi connectivity index (χ1n) is 4.89. The molecule has 98 valence electrons. The van der Waals surface area contributed by atoms with Crippen molar-refractivity contribution in [2.75, 3.05) is 6.61 Å². The molecule has 0 bridgehead atoms. The smallest absolute Gasteiger partial charge is 1.00 e. The first-order chi connectivity index (χ1) is 6.77. The molecular weight excluding hydrogens is 442 g/mol. The third-order valence-corrected chi connectivity index (χ3v) is 2.33. The molecule has 3 nitrogen and oxygen atoms in total. The number of aliphatic imine (C=N–C) groups is 1. The minimum absolute atomic E-state index is 0. The number of hydrogen-bond acceptors (Lipinski definition) is 3. The molecule has 0 fully saturated rings. The molecule has 1 aliphatic heterocycles. The number of nitrogens with zero attached hydrogens (tertiary/aromatic N) is 2. The zero-order valence-corrected chi connectivity index (χ0v) is 13.3. The molecule has 17 heavy (non-hydrogen) atoms. The van der Waals surface area contributed by atoms with Crippen molar-refractivity contribution in [1.29, 1.82) is 0 Å². The molecule has 0 N–H and O–H groups in total. The number of aromatic nitrogens is 1. The molecule has 1 aromatic rings. The van der Waals surface area contributed by atoms with Crippen molar-refractivity contribution in [3.05, 3.63) is 30.1 Å². The Kier molecular flexibility index (Phi) is 10.1. The van der Waals surface area contributed by atoms with Gasteiger partial charge in [-0.05, 0) is 18.1 Å². The maximum absolute atomic E-state index is 5.50. The molecule has 0 aromatic carbocycles. The fourth-order valence-corrected chi connectivity index (χ4v) is 1.36. The van der Waals surface area contributed by atoms with E-state index >= 15 is 0 Å². The van der Waals surface area contributed by atoms with Crippen LogP contribution in [0.25, 0.3) is 0 Å². The second-order valence-electron chi connectivity index (χ2n) is 3.77. The number of halogens is 2. The van der Waals surface area contributed by atoms with Crippen molar-refractivity contribution >= 4 is 5.90 Å². The van der Waals surface area contributed by atoms with Crippen molar-refractivity contribution in [2.24, 2.45) is 10.9 Å². The SMILES string of the molecule is CC(C)[C@H]1COC(c2ccccn2)=N1.[Cl-].[Cl-].[Pt+2]. The molecule has 2 heterocycles. The van der Waals surface area contributed by atoms with E-state index in [9.17, 15) is 0 Å². The van der Waals surface area contributed by atoms with Crippen molar-refractivity contribution in [3.8, 4) is 0 Å². The van der Waals surface area contributed by atoms with Gasteiger partial charge in [-0.1, -0.05) is 19.9 Å². The van der Waals surface area contributed by atoms with E-state index in [1.54, 1.807) is 6.20 Å². The fourth-order valence-electron chi connectivity index (χ4n) is 1.36. The molecule has 0 amide bonds. The van der Waals surface area contributed by atoms with E-state index in [2.05, 4.69) is 23.8 Å². The van der Waals surface area contributed by atoms with Gasteiger partial charge in [0.05, 0.1) is 6.04 Å². The summed E-state index contributed by atoms with van der Waals surface area (Å²) in [6, 6.07) is 6.03. The van der Waals surface area contributed by atoms with Gasteiger partial charge in [-0.2, -0.15) is 0 Å². The predicted molar refractivity (Wildman–Crippen MR) is 55.4 cm³/mol. The van der Waals surface area contributed by atoms with Gasteiger partial charge in [0.25, 0.3) is 0 Å². The van der Waals surface area contributed by atoms with Gasteiger partial charge in [-0.3, -0.25) is 4.98 Å². The van der Waals surface area contributed by atoms with E-state index in [0.29, 0.717) is 18.4 Å². The summed E-state index contributed by atoms with van der Waals surface area (Å²) in [5.74, 6) is 1.21. The number of ether oxygens (including phenoxy) is 1. The van der Waals surface area contributed by atoms with Gasteiger partial charge < -0.3 is 29.6 Å². The van der Waals surface area contributed by atoms with E-state index < -0.39 is 0 Å². The summed E-state index contributed by atoms with van der Waals surface area (Å²) in [6.07, 6.45) is 1.75. The van der Waals surface area contributed by atoms with Crippen LogP contribution in [-0.4, -0.2) is 23.5 Å². The van der Waals surface area contributed by atoms with Crippen LogP contribution in [0.1, 0.15) is 19.5 Å². The predicted octanol–water partition coefficient (Wildman–Crippen LogP) is -4.11. The molecule has 1 aliphatic rings. The monoisotopic (exact) mass is 455 g/mol. The molecule has 0 spiro atoms. The van der Waals surface area contributed by atoms with Gasteiger partial charge >= 0.3 is 21.1 Å². The van der Waals surface area contributed by atoms with E-state index in [1.165, 1.54) is 0 Å². The molecule has 0 saturated carbocycles. The molecule has 0 aliphatic carbocycles. The van der Waals surface area contributed by atoms with Gasteiger partial charge in [-0.25, -0.2) is 4.99 Å². The average molecular weight is 456 g/mol. The number of hydrogen-bond donors (Lipinski definition) is 0. The standard InChI is InChI=1S/C11H14N2O.2ClH.Pt/c1-8(2)10-7-14-11(13-10)9-5-3-4-6-12-9;;;/h3-6,8,10H,7H2,1-2H3;2*1H;/q;;;+2/p-2/t10-;;;/m1.../s1. The van der Waals surface area contributed by atoms with Crippen LogP contribution in [0.5, 0.6) is 0 Å². The number of pyridine rings is 1. The summed E-state index contributed by atoms with van der Waals surface area (Å²) in [6.45, 7) is 4.99. The summed E-state index contributed by atoms with van der Waals surface area (Å²) in [7, 11) is 0. The molecule has 1 aromatic heterocycles. The summed E-state index contributed by atoms with van der Waals surface area (Å²) >= 11 is 0. The van der Waals surface area contributed by atoms with Crippen LogP contribution in [0, 0.1) is 5.92 Å². The third kappa shape index (κ3) is 4.95. The maximum Gasteiger partial charge on any atom is 2.00 e. The summed E-state index contributed by atoms with van der Waals surface area (Å²) in [5.41, 5.74) is 0.829. The Morgan fingerprint density at radius 2 is 2.00 bits per heavy atom. The van der Waals surface area contributed by atoms with Crippen LogP contribution in [0.15, 0.2) is 29.4 Å². The fraction of sp³-hybridized carbons (Fsp3) is 0.455. The minimum Gasteiger partial charge on any atom is -1.00 e. The third-order valence-electron chi connectivity index (χ3n) is 2.33. The van der Waals surface area contributed by atoms with Crippen molar-refractivity contribution in [1.82, 2.24) is 4.98 Å². The quantitative estimate of drug-likeness (QED) is 0.454. The zero-order chi connectivity index (χ0) is 9.97. The van der Waals surface area contributed by atoms with Crippen LogP contribution in [0.4, 0.5) is 0 Å². The molecule has 6 heteroatoms. The number of rotatable bonds is 2. The van der Waals surface area contributed by atoms with Crippen molar-refractivity contribution in [3.63, 3.8) is 0 Å². The van der Waals surface area contributed by atoms with Crippen LogP contribution in [0.3, 0.4) is 0 Å². The van der Waals surface area contributed by atoms with E-state index in [-0.39, 0.29) is 51.9 Å². The van der Waals surface area contributed by atoms with Gasteiger partial charge in [0.15, 0.2) is 0 Å². The topological polar surface area (TPSA) is 34.5 Å². The largest absolute Gasteiger partial charge is 2.00 e. The van der Waals surface area contributed by atoms with Crippen LogP contribution in [0.2, 0.25) is 0 Å².